The molecule has 0 radical (unpaired) electrons. The van der Waals surface area contributed by atoms with Crippen molar-refractivity contribution in [2.45, 2.75) is 18.6 Å². The van der Waals surface area contributed by atoms with Gasteiger partial charge in [-0.15, -0.1) is 4.28 Å². The van der Waals surface area contributed by atoms with E-state index in [0.717, 1.165) is 0 Å². The standard InChI is InChI=1S/C10H14N6O6S/c11-1-6-9-5(2-14(13-9)4-8(12)17)7-3-15(6)10(18)16(7)22-23(19,20)21/h2,6-7H,1,3-4,11H2,(H2,12,17)(H,19,20,21)/t6-,7-/m1/s1. The number of carbonyl (C=O) groups excluding carboxylic acids is 2. The Morgan fingerprint density at radius 3 is 2.78 bits per heavy atom. The summed E-state index contributed by atoms with van der Waals surface area (Å²) < 4.78 is 36.4. The maximum atomic E-state index is 12.3. The Morgan fingerprint density at radius 2 is 2.22 bits per heavy atom. The summed E-state index contributed by atoms with van der Waals surface area (Å²) in [5.41, 5.74) is 11.7. The molecule has 3 rings (SSSR count). The van der Waals surface area contributed by atoms with E-state index in [1.165, 1.54) is 15.8 Å². The summed E-state index contributed by atoms with van der Waals surface area (Å²) in [4.78, 5) is 24.6. The van der Waals surface area contributed by atoms with Crippen LogP contribution < -0.4 is 11.5 Å². The topological polar surface area (TPSA) is 174 Å². The summed E-state index contributed by atoms with van der Waals surface area (Å²) in [6, 6.07) is -2.15. The van der Waals surface area contributed by atoms with Gasteiger partial charge in [0, 0.05) is 18.3 Å². The highest BCUT2D eigenvalue weighted by molar-refractivity contribution is 7.80. The number of aromatic nitrogens is 2. The van der Waals surface area contributed by atoms with Crippen LogP contribution in [0.1, 0.15) is 23.3 Å². The number of hydrogen-bond acceptors (Lipinski definition) is 7. The number of rotatable bonds is 5. The quantitative estimate of drug-likeness (QED) is 0.508. The van der Waals surface area contributed by atoms with Crippen LogP contribution in [0.5, 0.6) is 0 Å². The maximum Gasteiger partial charge on any atom is 0.418 e. The molecule has 0 saturated carbocycles. The highest BCUT2D eigenvalue weighted by Gasteiger charge is 2.51. The van der Waals surface area contributed by atoms with Gasteiger partial charge >= 0.3 is 16.4 Å². The van der Waals surface area contributed by atoms with Crippen molar-refractivity contribution >= 4 is 22.3 Å². The summed E-state index contributed by atoms with van der Waals surface area (Å²) in [7, 11) is -4.87. The number of fused-ring (bicyclic) bond motifs is 4. The predicted octanol–water partition coefficient (Wildman–Crippen LogP) is -2.11. The lowest BCUT2D eigenvalue weighted by atomic mass is 9.98. The van der Waals surface area contributed by atoms with Gasteiger partial charge in [0.05, 0.1) is 18.3 Å². The smallest absolute Gasteiger partial charge is 0.368 e. The summed E-state index contributed by atoms with van der Waals surface area (Å²) >= 11 is 0. The zero-order chi connectivity index (χ0) is 16.9. The third-order valence-corrected chi connectivity index (χ3v) is 4.02. The largest absolute Gasteiger partial charge is 0.418 e. The Hall–Kier alpha value is -2.22. The lowest BCUT2D eigenvalue weighted by Gasteiger charge is -2.28. The van der Waals surface area contributed by atoms with E-state index in [-0.39, 0.29) is 19.6 Å². The monoisotopic (exact) mass is 346 g/mol. The van der Waals surface area contributed by atoms with Crippen LogP contribution in [0.15, 0.2) is 6.20 Å². The van der Waals surface area contributed by atoms with E-state index in [4.69, 9.17) is 16.0 Å². The molecular formula is C10H14N6O6S. The van der Waals surface area contributed by atoms with Gasteiger partial charge < -0.3 is 16.4 Å². The molecule has 1 fully saturated rings. The third-order valence-electron chi connectivity index (χ3n) is 3.67. The Bertz CT molecular complexity index is 775. The highest BCUT2D eigenvalue weighted by Crippen LogP contribution is 2.43. The van der Waals surface area contributed by atoms with Gasteiger partial charge in [-0.2, -0.15) is 18.6 Å². The van der Waals surface area contributed by atoms with Gasteiger partial charge in [-0.05, 0) is 0 Å². The minimum absolute atomic E-state index is 0.0404. The Labute approximate surface area is 130 Å². The van der Waals surface area contributed by atoms with Crippen molar-refractivity contribution in [3.05, 3.63) is 17.5 Å². The van der Waals surface area contributed by atoms with Gasteiger partial charge in [0.1, 0.15) is 12.6 Å². The van der Waals surface area contributed by atoms with Crippen molar-refractivity contribution in [3.63, 3.8) is 0 Å². The van der Waals surface area contributed by atoms with Crippen LogP contribution in [0.25, 0.3) is 0 Å². The number of amides is 3. The zero-order valence-electron chi connectivity index (χ0n) is 11.7. The SMILES string of the molecule is NC[C@@H]1c2nn(CC(N)=O)cc2[C@H]2CN1C(=O)N2OS(=O)(=O)O. The van der Waals surface area contributed by atoms with Crippen LogP contribution in [0.2, 0.25) is 0 Å². The fourth-order valence-electron chi connectivity index (χ4n) is 2.86. The third kappa shape index (κ3) is 2.63. The predicted molar refractivity (Wildman–Crippen MR) is 72.5 cm³/mol. The van der Waals surface area contributed by atoms with Crippen LogP contribution >= 0.6 is 0 Å². The fraction of sp³-hybridized carbons (Fsp3) is 0.500. The van der Waals surface area contributed by atoms with Crippen molar-refractivity contribution in [2.75, 3.05) is 13.1 Å². The number of nitrogens with two attached hydrogens (primary N) is 2. The summed E-state index contributed by atoms with van der Waals surface area (Å²) in [5, 5.41) is 4.75. The van der Waals surface area contributed by atoms with Gasteiger partial charge in [0.25, 0.3) is 0 Å². The Kier molecular flexibility index (Phi) is 3.51. The van der Waals surface area contributed by atoms with Gasteiger partial charge in [-0.1, -0.05) is 0 Å². The molecule has 23 heavy (non-hydrogen) atoms. The molecule has 5 N–H and O–H groups in total. The van der Waals surface area contributed by atoms with E-state index < -0.39 is 34.4 Å². The lowest BCUT2D eigenvalue weighted by Crippen LogP contribution is -2.38. The molecule has 3 heterocycles. The van der Waals surface area contributed by atoms with Crippen LogP contribution in [-0.2, 0) is 26.0 Å². The van der Waals surface area contributed by atoms with Crippen LogP contribution in [0.3, 0.4) is 0 Å². The minimum atomic E-state index is -4.87. The van der Waals surface area contributed by atoms with E-state index in [2.05, 4.69) is 9.38 Å². The zero-order valence-corrected chi connectivity index (χ0v) is 12.5. The molecule has 0 aliphatic carbocycles. The van der Waals surface area contributed by atoms with Gasteiger partial charge in [-0.3, -0.25) is 14.0 Å². The second-order valence-electron chi connectivity index (χ2n) is 5.16. The van der Waals surface area contributed by atoms with Gasteiger partial charge in [0.15, 0.2) is 0 Å². The molecule has 1 aromatic heterocycles. The van der Waals surface area contributed by atoms with Gasteiger partial charge in [0.2, 0.25) is 5.91 Å². The summed E-state index contributed by atoms with van der Waals surface area (Å²) in [5.74, 6) is -0.610. The van der Waals surface area contributed by atoms with Crippen molar-refractivity contribution in [3.8, 4) is 0 Å². The summed E-state index contributed by atoms with van der Waals surface area (Å²) in [6.07, 6.45) is 1.48. The molecule has 13 heteroatoms. The average molecular weight is 346 g/mol. The lowest BCUT2D eigenvalue weighted by molar-refractivity contribution is -0.118. The second kappa shape index (κ2) is 5.16. The fourth-order valence-corrected chi connectivity index (χ4v) is 3.23. The average Bonchev–Trinajstić information content (AvgIpc) is 2.93. The first-order chi connectivity index (χ1) is 10.7. The second-order valence-corrected chi connectivity index (χ2v) is 6.17. The number of hydroxylamine groups is 2. The van der Waals surface area contributed by atoms with E-state index in [9.17, 15) is 18.0 Å². The normalized spacial score (nSPS) is 23.3. The maximum absolute atomic E-state index is 12.3. The molecule has 2 aliphatic rings. The first-order valence-corrected chi connectivity index (χ1v) is 7.90. The first-order valence-electron chi connectivity index (χ1n) is 6.53. The molecule has 0 aromatic carbocycles. The first kappa shape index (κ1) is 15.7. The van der Waals surface area contributed by atoms with E-state index >= 15 is 0 Å². The molecule has 1 saturated heterocycles. The molecule has 2 atom stereocenters. The van der Waals surface area contributed by atoms with E-state index in [0.29, 0.717) is 16.3 Å². The molecule has 2 aliphatic heterocycles. The van der Waals surface area contributed by atoms with Crippen molar-refractivity contribution in [2.24, 2.45) is 11.5 Å². The minimum Gasteiger partial charge on any atom is -0.368 e. The number of hydrogen-bond donors (Lipinski definition) is 3. The van der Waals surface area contributed by atoms with Crippen molar-refractivity contribution in [1.29, 1.82) is 0 Å². The van der Waals surface area contributed by atoms with Crippen molar-refractivity contribution < 1.29 is 26.8 Å². The number of nitrogens with zero attached hydrogens (tertiary/aromatic N) is 4. The Balaban J connectivity index is 2.03. The van der Waals surface area contributed by atoms with E-state index in [1.807, 2.05) is 0 Å². The molecule has 2 bridgehead atoms. The number of urea groups is 1. The molecule has 0 unspecified atom stereocenters. The van der Waals surface area contributed by atoms with Crippen LogP contribution in [-0.4, -0.2) is 57.7 Å². The Morgan fingerprint density at radius 1 is 1.52 bits per heavy atom. The van der Waals surface area contributed by atoms with Gasteiger partial charge in [-0.25, -0.2) is 4.79 Å². The summed E-state index contributed by atoms with van der Waals surface area (Å²) in [6.45, 7) is -0.0195. The molecule has 12 nitrogen and oxygen atoms in total. The highest BCUT2D eigenvalue weighted by atomic mass is 32.3. The molecule has 3 amide bonds. The molecular weight excluding hydrogens is 332 g/mol. The van der Waals surface area contributed by atoms with Crippen molar-refractivity contribution in [1.82, 2.24) is 19.7 Å². The molecule has 1 aromatic rings. The number of carbonyl (C=O) groups is 2. The molecule has 0 spiro atoms. The number of primary amides is 1. The van der Waals surface area contributed by atoms with Crippen LogP contribution in [0, 0.1) is 0 Å². The van der Waals surface area contributed by atoms with Crippen LogP contribution in [0.4, 0.5) is 4.79 Å². The van der Waals surface area contributed by atoms with E-state index in [1.54, 1.807) is 0 Å². The molecule has 126 valence electrons.